The molecule has 1 fully saturated rings. The van der Waals surface area contributed by atoms with Gasteiger partial charge in [-0.3, -0.25) is 9.59 Å². The molecule has 1 aliphatic heterocycles. The fourth-order valence-electron chi connectivity index (χ4n) is 2.69. The van der Waals surface area contributed by atoms with Crippen LogP contribution in [0.3, 0.4) is 0 Å². The summed E-state index contributed by atoms with van der Waals surface area (Å²) in [6, 6.07) is 7.86. The normalized spacial score (nSPS) is 19.0. The summed E-state index contributed by atoms with van der Waals surface area (Å²) in [7, 11) is 0. The minimum Gasteiger partial charge on any atom is -0.347 e. The molecule has 0 radical (unpaired) electrons. The van der Waals surface area contributed by atoms with E-state index in [2.05, 4.69) is 5.32 Å². The monoisotopic (exact) mass is 308 g/mol. The van der Waals surface area contributed by atoms with Crippen LogP contribution in [0.5, 0.6) is 0 Å². The number of rotatable bonds is 3. The van der Waals surface area contributed by atoms with Crippen LogP contribution >= 0.6 is 11.6 Å². The molecule has 2 rings (SSSR count). The van der Waals surface area contributed by atoms with E-state index >= 15 is 0 Å². The third kappa shape index (κ3) is 4.74. The molecule has 0 bridgehead atoms. The molecule has 0 aliphatic carbocycles. The van der Waals surface area contributed by atoms with Gasteiger partial charge in [-0.2, -0.15) is 0 Å². The number of carbonyl (C=O) groups excluding carboxylic acids is 2. The van der Waals surface area contributed by atoms with E-state index in [0.29, 0.717) is 12.5 Å². The second-order valence-corrected chi connectivity index (χ2v) is 5.93. The third-order valence-electron chi connectivity index (χ3n) is 3.85. The minimum absolute atomic E-state index is 0.00827. The summed E-state index contributed by atoms with van der Waals surface area (Å²) in [4.78, 5) is 25.0. The molecule has 0 unspecified atom stereocenters. The van der Waals surface area contributed by atoms with E-state index in [-0.39, 0.29) is 18.4 Å². The second-order valence-electron chi connectivity index (χ2n) is 5.49. The van der Waals surface area contributed by atoms with Gasteiger partial charge < -0.3 is 10.2 Å². The number of carbonyl (C=O) groups is 2. The number of amides is 2. The first kappa shape index (κ1) is 15.8. The van der Waals surface area contributed by atoms with Crippen LogP contribution in [0.25, 0.3) is 0 Å². The fraction of sp³-hybridized carbons (Fsp3) is 0.500. The highest BCUT2D eigenvalue weighted by Gasteiger charge is 2.23. The van der Waals surface area contributed by atoms with Crippen molar-refractivity contribution < 1.29 is 9.59 Å². The Hall–Kier alpha value is -1.55. The minimum atomic E-state index is -0.174. The molecule has 0 aromatic heterocycles. The fourth-order valence-corrected chi connectivity index (χ4v) is 2.81. The predicted molar refractivity (Wildman–Crippen MR) is 83.3 cm³/mol. The van der Waals surface area contributed by atoms with Gasteiger partial charge in [0, 0.05) is 31.0 Å². The predicted octanol–water partition coefficient (Wildman–Crippen LogP) is 2.57. The standard InChI is InChI=1S/C16H21ClN2O2/c1-12(20)18-10-16(21)19-9-3-2-4-14(11-19)13-5-7-15(17)8-6-13/h5-8,14H,2-4,9-11H2,1H3,(H,18,20)/t14-/m0/s1. The molecule has 1 atom stereocenters. The van der Waals surface area contributed by atoms with Crippen LogP contribution in [0.15, 0.2) is 24.3 Å². The lowest BCUT2D eigenvalue weighted by atomic mass is 9.94. The van der Waals surface area contributed by atoms with Crippen molar-refractivity contribution in [3.8, 4) is 0 Å². The van der Waals surface area contributed by atoms with E-state index < -0.39 is 0 Å². The lowest BCUT2D eigenvalue weighted by molar-refractivity contribution is -0.132. The van der Waals surface area contributed by atoms with E-state index in [0.717, 1.165) is 30.8 Å². The summed E-state index contributed by atoms with van der Waals surface area (Å²) in [6.07, 6.45) is 3.19. The smallest absolute Gasteiger partial charge is 0.241 e. The molecule has 4 nitrogen and oxygen atoms in total. The highest BCUT2D eigenvalue weighted by atomic mass is 35.5. The average molecular weight is 309 g/mol. The highest BCUT2D eigenvalue weighted by molar-refractivity contribution is 6.30. The Labute approximate surface area is 130 Å². The van der Waals surface area contributed by atoms with Crippen LogP contribution in [0.2, 0.25) is 5.02 Å². The molecule has 1 aromatic carbocycles. The summed E-state index contributed by atoms with van der Waals surface area (Å²) in [6.45, 7) is 2.98. The van der Waals surface area contributed by atoms with E-state index in [4.69, 9.17) is 11.6 Å². The quantitative estimate of drug-likeness (QED) is 0.933. The largest absolute Gasteiger partial charge is 0.347 e. The Kier molecular flexibility index (Phi) is 5.62. The number of benzene rings is 1. The maximum Gasteiger partial charge on any atom is 0.241 e. The zero-order valence-electron chi connectivity index (χ0n) is 12.3. The molecule has 1 N–H and O–H groups in total. The molecule has 1 heterocycles. The van der Waals surface area contributed by atoms with Gasteiger partial charge in [0.2, 0.25) is 11.8 Å². The summed E-state index contributed by atoms with van der Waals surface area (Å²) in [5.41, 5.74) is 1.22. The Balaban J connectivity index is 2.02. The molecule has 1 aliphatic rings. The first-order chi connectivity index (χ1) is 10.1. The van der Waals surface area contributed by atoms with Crippen LogP contribution in [0.4, 0.5) is 0 Å². The molecule has 21 heavy (non-hydrogen) atoms. The van der Waals surface area contributed by atoms with Crippen LogP contribution in [-0.2, 0) is 9.59 Å². The first-order valence-corrected chi connectivity index (χ1v) is 7.71. The van der Waals surface area contributed by atoms with Crippen molar-refractivity contribution in [1.82, 2.24) is 10.2 Å². The SMILES string of the molecule is CC(=O)NCC(=O)N1CCCC[C@H](c2ccc(Cl)cc2)C1. The molecule has 0 saturated carbocycles. The van der Waals surface area contributed by atoms with Gasteiger partial charge in [-0.05, 0) is 30.5 Å². The number of nitrogens with zero attached hydrogens (tertiary/aromatic N) is 1. The maximum atomic E-state index is 12.2. The Bertz CT molecular complexity index is 502. The molecule has 1 aromatic rings. The lowest BCUT2D eigenvalue weighted by Crippen LogP contribution is -2.41. The molecule has 1 saturated heterocycles. The van der Waals surface area contributed by atoms with Crippen LogP contribution < -0.4 is 5.32 Å². The first-order valence-electron chi connectivity index (χ1n) is 7.34. The van der Waals surface area contributed by atoms with Crippen LogP contribution in [0.1, 0.15) is 37.7 Å². The zero-order chi connectivity index (χ0) is 15.2. The molecule has 114 valence electrons. The number of nitrogens with one attached hydrogen (secondary N) is 1. The molecule has 5 heteroatoms. The van der Waals surface area contributed by atoms with Crippen LogP contribution in [0, 0.1) is 0 Å². The summed E-state index contributed by atoms with van der Waals surface area (Å²) in [5.74, 6) is 0.157. The topological polar surface area (TPSA) is 49.4 Å². The van der Waals surface area contributed by atoms with Crippen molar-refractivity contribution in [2.75, 3.05) is 19.6 Å². The Morgan fingerprint density at radius 1 is 1.29 bits per heavy atom. The van der Waals surface area contributed by atoms with Gasteiger partial charge in [-0.15, -0.1) is 0 Å². The van der Waals surface area contributed by atoms with Crippen LogP contribution in [-0.4, -0.2) is 36.3 Å². The van der Waals surface area contributed by atoms with Gasteiger partial charge in [-0.1, -0.05) is 30.2 Å². The van der Waals surface area contributed by atoms with E-state index in [9.17, 15) is 9.59 Å². The summed E-state index contributed by atoms with van der Waals surface area (Å²) < 4.78 is 0. The van der Waals surface area contributed by atoms with Crippen molar-refractivity contribution in [1.29, 1.82) is 0 Å². The molecule has 2 amide bonds. The Morgan fingerprint density at radius 3 is 2.67 bits per heavy atom. The second kappa shape index (κ2) is 7.46. The number of hydrogen-bond acceptors (Lipinski definition) is 2. The van der Waals surface area contributed by atoms with Gasteiger partial charge >= 0.3 is 0 Å². The van der Waals surface area contributed by atoms with E-state index in [1.807, 2.05) is 29.2 Å². The summed E-state index contributed by atoms with van der Waals surface area (Å²) >= 11 is 5.93. The zero-order valence-corrected chi connectivity index (χ0v) is 13.0. The summed E-state index contributed by atoms with van der Waals surface area (Å²) in [5, 5.41) is 3.31. The van der Waals surface area contributed by atoms with Gasteiger partial charge in [0.25, 0.3) is 0 Å². The van der Waals surface area contributed by atoms with Gasteiger partial charge in [0.05, 0.1) is 6.54 Å². The number of halogens is 1. The van der Waals surface area contributed by atoms with Crippen molar-refractivity contribution in [3.05, 3.63) is 34.9 Å². The van der Waals surface area contributed by atoms with Crippen molar-refractivity contribution in [3.63, 3.8) is 0 Å². The molecule has 0 spiro atoms. The van der Waals surface area contributed by atoms with Crippen molar-refractivity contribution in [2.45, 2.75) is 32.1 Å². The maximum absolute atomic E-state index is 12.2. The number of likely N-dealkylation sites (tertiary alicyclic amines) is 1. The van der Waals surface area contributed by atoms with E-state index in [1.165, 1.54) is 12.5 Å². The van der Waals surface area contributed by atoms with Gasteiger partial charge in [0.15, 0.2) is 0 Å². The van der Waals surface area contributed by atoms with E-state index in [1.54, 1.807) is 0 Å². The highest BCUT2D eigenvalue weighted by Crippen LogP contribution is 2.27. The molecular weight excluding hydrogens is 288 g/mol. The lowest BCUT2D eigenvalue weighted by Gasteiger charge is -2.25. The van der Waals surface area contributed by atoms with Crippen molar-refractivity contribution in [2.24, 2.45) is 0 Å². The third-order valence-corrected chi connectivity index (χ3v) is 4.11. The van der Waals surface area contributed by atoms with Gasteiger partial charge in [0.1, 0.15) is 0 Å². The average Bonchev–Trinajstić information content (AvgIpc) is 2.71. The number of hydrogen-bond donors (Lipinski definition) is 1. The van der Waals surface area contributed by atoms with Gasteiger partial charge in [-0.25, -0.2) is 0 Å². The molecular formula is C16H21ClN2O2. The Morgan fingerprint density at radius 2 is 2.00 bits per heavy atom. The van der Waals surface area contributed by atoms with Crippen molar-refractivity contribution >= 4 is 23.4 Å².